The number of anilines is 1. The van der Waals surface area contributed by atoms with Crippen LogP contribution in [0.4, 0.5) is 5.69 Å². The fraction of sp³-hybridized carbons (Fsp3) is 0.364. The molecule has 2 atom stereocenters. The molecule has 0 spiro atoms. The van der Waals surface area contributed by atoms with Crippen molar-refractivity contribution in [3.63, 3.8) is 0 Å². The summed E-state index contributed by atoms with van der Waals surface area (Å²) in [5.74, 6) is 0.357. The highest BCUT2D eigenvalue weighted by Gasteiger charge is 2.42. The molecular formula is C22H25N3O3S2. The third-order valence-corrected chi connectivity index (χ3v) is 8.35. The topological polar surface area (TPSA) is 87.6 Å². The maximum absolute atomic E-state index is 12.2. The van der Waals surface area contributed by atoms with E-state index >= 15 is 0 Å². The van der Waals surface area contributed by atoms with Gasteiger partial charge in [0.25, 0.3) is 0 Å². The molecule has 0 aliphatic carbocycles. The van der Waals surface area contributed by atoms with Gasteiger partial charge in [-0.25, -0.2) is 8.42 Å². The van der Waals surface area contributed by atoms with Crippen molar-refractivity contribution < 1.29 is 13.2 Å². The molecule has 1 amide bonds. The van der Waals surface area contributed by atoms with Crippen LogP contribution in [0, 0.1) is 6.92 Å². The minimum Gasteiger partial charge on any atom is -0.355 e. The molecule has 0 aromatic heterocycles. The lowest BCUT2D eigenvalue weighted by atomic mass is 10.1. The van der Waals surface area contributed by atoms with Crippen LogP contribution in [0.15, 0.2) is 53.5 Å². The molecule has 4 rings (SSSR count). The van der Waals surface area contributed by atoms with Crippen LogP contribution in [0.2, 0.25) is 0 Å². The van der Waals surface area contributed by atoms with Crippen molar-refractivity contribution in [1.82, 2.24) is 5.32 Å². The zero-order chi connectivity index (χ0) is 21.1. The normalized spacial score (nSPS) is 21.7. The van der Waals surface area contributed by atoms with Crippen LogP contribution in [0.25, 0.3) is 0 Å². The Kier molecular flexibility index (Phi) is 6.15. The molecule has 0 unspecified atom stereocenters. The predicted molar refractivity (Wildman–Crippen MR) is 123 cm³/mol. The third kappa shape index (κ3) is 5.43. The molecule has 2 N–H and O–H groups in total. The zero-order valence-corrected chi connectivity index (χ0v) is 18.4. The molecule has 2 aromatic carbocycles. The fourth-order valence-corrected chi connectivity index (χ4v) is 7.38. The largest absolute Gasteiger partial charge is 0.355 e. The Bertz CT molecular complexity index is 1070. The Labute approximate surface area is 181 Å². The van der Waals surface area contributed by atoms with Gasteiger partial charge in [0.05, 0.1) is 24.0 Å². The summed E-state index contributed by atoms with van der Waals surface area (Å²) in [4.78, 5) is 16.7. The number of thioether (sulfide) groups is 1. The van der Waals surface area contributed by atoms with Crippen LogP contribution >= 0.6 is 11.8 Å². The van der Waals surface area contributed by atoms with Gasteiger partial charge in [0.2, 0.25) is 5.91 Å². The van der Waals surface area contributed by atoms with E-state index in [1.165, 1.54) is 22.9 Å². The van der Waals surface area contributed by atoms with Gasteiger partial charge in [0.1, 0.15) is 0 Å². The summed E-state index contributed by atoms with van der Waals surface area (Å²) < 4.78 is 23.3. The summed E-state index contributed by atoms with van der Waals surface area (Å²) >= 11 is 1.50. The van der Waals surface area contributed by atoms with E-state index in [2.05, 4.69) is 40.7 Å². The van der Waals surface area contributed by atoms with Gasteiger partial charge in [0, 0.05) is 17.5 Å². The number of aryl methyl sites for hydroxylation is 1. The van der Waals surface area contributed by atoms with E-state index < -0.39 is 9.84 Å². The van der Waals surface area contributed by atoms with Gasteiger partial charge in [-0.3, -0.25) is 9.79 Å². The molecule has 0 bridgehead atoms. The summed E-state index contributed by atoms with van der Waals surface area (Å²) in [6.45, 7) is 2.69. The van der Waals surface area contributed by atoms with E-state index in [0.717, 1.165) is 22.8 Å². The second-order valence-corrected chi connectivity index (χ2v) is 11.2. The second kappa shape index (κ2) is 8.81. The lowest BCUT2D eigenvalue weighted by Crippen LogP contribution is -2.27. The summed E-state index contributed by atoms with van der Waals surface area (Å²) in [5.41, 5.74) is 4.27. The van der Waals surface area contributed by atoms with E-state index in [1.54, 1.807) is 0 Å². The average molecular weight is 444 g/mol. The van der Waals surface area contributed by atoms with E-state index in [1.807, 2.05) is 30.3 Å². The van der Waals surface area contributed by atoms with Gasteiger partial charge in [-0.05, 0) is 36.6 Å². The number of hydrogen-bond donors (Lipinski definition) is 2. The Morgan fingerprint density at radius 3 is 2.67 bits per heavy atom. The number of amidine groups is 1. The van der Waals surface area contributed by atoms with Gasteiger partial charge >= 0.3 is 0 Å². The SMILES string of the molecule is Cc1cccc(CCNC(=O)Cc2ccc(NC3=N[C@@H]4CS(=O)(=O)C[C@@H]4S3)cc2)c1. The average Bonchev–Trinajstić information content (AvgIpc) is 3.16. The first-order chi connectivity index (χ1) is 14.4. The van der Waals surface area contributed by atoms with Crippen LogP contribution in [-0.2, 0) is 27.5 Å². The highest BCUT2D eigenvalue weighted by atomic mass is 32.2. The van der Waals surface area contributed by atoms with Crippen LogP contribution in [0.5, 0.6) is 0 Å². The number of rotatable bonds is 6. The van der Waals surface area contributed by atoms with E-state index in [-0.39, 0.29) is 28.7 Å². The molecule has 2 aliphatic heterocycles. The van der Waals surface area contributed by atoms with Gasteiger partial charge in [-0.2, -0.15) is 0 Å². The van der Waals surface area contributed by atoms with Crippen LogP contribution in [0.1, 0.15) is 16.7 Å². The smallest absolute Gasteiger partial charge is 0.224 e. The number of carbonyl (C=O) groups excluding carboxylic acids is 1. The molecule has 8 heteroatoms. The first kappa shape index (κ1) is 20.9. The first-order valence-electron chi connectivity index (χ1n) is 9.99. The molecule has 2 heterocycles. The minimum atomic E-state index is -2.94. The number of benzene rings is 2. The quantitative estimate of drug-likeness (QED) is 0.717. The Hall–Kier alpha value is -2.32. The van der Waals surface area contributed by atoms with Crippen LogP contribution in [-0.4, -0.2) is 48.8 Å². The number of hydrogen-bond acceptors (Lipinski definition) is 6. The summed E-state index contributed by atoms with van der Waals surface area (Å²) in [5, 5.41) is 7.02. The number of fused-ring (bicyclic) bond motifs is 1. The zero-order valence-electron chi connectivity index (χ0n) is 16.8. The van der Waals surface area contributed by atoms with E-state index in [9.17, 15) is 13.2 Å². The third-order valence-electron chi connectivity index (χ3n) is 5.21. The minimum absolute atomic E-state index is 0.00752. The van der Waals surface area contributed by atoms with Crippen molar-refractivity contribution in [2.75, 3.05) is 23.4 Å². The fourth-order valence-electron chi connectivity index (χ4n) is 3.71. The molecule has 2 aliphatic rings. The molecule has 6 nitrogen and oxygen atoms in total. The summed E-state index contributed by atoms with van der Waals surface area (Å²) in [7, 11) is -2.94. The van der Waals surface area contributed by atoms with Gasteiger partial charge in [-0.1, -0.05) is 53.7 Å². The second-order valence-electron chi connectivity index (χ2n) is 7.82. The van der Waals surface area contributed by atoms with Crippen molar-refractivity contribution in [2.24, 2.45) is 4.99 Å². The lowest BCUT2D eigenvalue weighted by Gasteiger charge is -2.09. The molecule has 1 fully saturated rings. The number of amides is 1. The van der Waals surface area contributed by atoms with E-state index in [0.29, 0.717) is 13.0 Å². The summed E-state index contributed by atoms with van der Waals surface area (Å²) in [6, 6.07) is 15.9. The Morgan fingerprint density at radius 1 is 1.13 bits per heavy atom. The maximum atomic E-state index is 12.2. The van der Waals surface area contributed by atoms with Crippen molar-refractivity contribution in [2.45, 2.75) is 31.1 Å². The van der Waals surface area contributed by atoms with E-state index in [4.69, 9.17) is 0 Å². The maximum Gasteiger partial charge on any atom is 0.224 e. The molecule has 30 heavy (non-hydrogen) atoms. The molecular weight excluding hydrogens is 418 g/mol. The van der Waals surface area contributed by atoms with Gasteiger partial charge < -0.3 is 10.6 Å². The number of carbonyl (C=O) groups is 1. The molecule has 2 aromatic rings. The highest BCUT2D eigenvalue weighted by Crippen LogP contribution is 2.34. The number of sulfone groups is 1. The number of nitrogens with zero attached hydrogens (tertiary/aromatic N) is 1. The monoisotopic (exact) mass is 443 g/mol. The Morgan fingerprint density at radius 2 is 1.93 bits per heavy atom. The van der Waals surface area contributed by atoms with Crippen LogP contribution in [0.3, 0.4) is 0 Å². The van der Waals surface area contributed by atoms with Crippen molar-refractivity contribution in [3.8, 4) is 0 Å². The van der Waals surface area contributed by atoms with Gasteiger partial charge in [-0.15, -0.1) is 0 Å². The van der Waals surface area contributed by atoms with Crippen molar-refractivity contribution in [3.05, 3.63) is 65.2 Å². The molecule has 1 saturated heterocycles. The molecule has 0 saturated carbocycles. The van der Waals surface area contributed by atoms with Crippen LogP contribution < -0.4 is 10.6 Å². The predicted octanol–water partition coefficient (Wildman–Crippen LogP) is 2.58. The number of nitrogens with one attached hydrogen (secondary N) is 2. The molecule has 0 radical (unpaired) electrons. The highest BCUT2D eigenvalue weighted by molar-refractivity contribution is 8.15. The summed E-state index contributed by atoms with van der Waals surface area (Å²) in [6.07, 6.45) is 1.16. The standard InChI is InChI=1S/C22H25N3O3S2/c1-15-3-2-4-16(11-15)9-10-23-21(26)12-17-5-7-18(8-6-17)24-22-25-19-13-30(27,28)14-20(19)29-22/h2-8,11,19-20H,9-10,12-14H2,1H3,(H,23,26)(H,24,25)/t19-,20+/m1/s1. The first-order valence-corrected chi connectivity index (χ1v) is 12.7. The number of aliphatic imine (C=N–C) groups is 1. The Balaban J connectivity index is 1.23. The van der Waals surface area contributed by atoms with Crippen molar-refractivity contribution in [1.29, 1.82) is 0 Å². The lowest BCUT2D eigenvalue weighted by molar-refractivity contribution is -0.120. The van der Waals surface area contributed by atoms with Gasteiger partial charge in [0.15, 0.2) is 15.0 Å². The van der Waals surface area contributed by atoms with Crippen molar-refractivity contribution >= 4 is 38.4 Å². The molecule has 158 valence electrons.